The Bertz CT molecular complexity index is 873. The molecule has 2 aliphatic heterocycles. The smallest absolute Gasteiger partial charge is 0.325 e. The molecule has 1 aromatic rings. The molecule has 2 heterocycles. The van der Waals surface area contributed by atoms with Crippen LogP contribution in [0.15, 0.2) is 18.2 Å². The number of nitrogens with zero attached hydrogens (tertiary/aromatic N) is 3. The van der Waals surface area contributed by atoms with Crippen LogP contribution in [0, 0.1) is 13.8 Å². The zero-order valence-corrected chi connectivity index (χ0v) is 18.5. The van der Waals surface area contributed by atoms with Crippen LogP contribution in [0.3, 0.4) is 0 Å². The fraction of sp³-hybridized carbons (Fsp3) is 0.619. The van der Waals surface area contributed by atoms with Crippen molar-refractivity contribution in [3.63, 3.8) is 0 Å². The van der Waals surface area contributed by atoms with Crippen molar-refractivity contribution in [3.05, 3.63) is 29.3 Å². The molecule has 0 aromatic heterocycles. The number of amides is 3. The van der Waals surface area contributed by atoms with E-state index in [0.717, 1.165) is 24.0 Å². The maximum Gasteiger partial charge on any atom is 0.325 e. The Labute approximate surface area is 173 Å². The van der Waals surface area contributed by atoms with Crippen molar-refractivity contribution < 1.29 is 18.0 Å². The van der Waals surface area contributed by atoms with Crippen molar-refractivity contribution in [3.8, 4) is 0 Å². The quantitative estimate of drug-likeness (QED) is 0.633. The topological polar surface area (TPSA) is 78.0 Å². The number of hydrogen-bond donors (Lipinski definition) is 0. The SMILES string of the molecule is CCCN(CCC)C(=O)CN1C(=O)N(c2cc(C)cc(C)c2)[C@H]2CS(=O)(=O)C[C@@H]21. The molecule has 0 radical (unpaired) electrons. The Morgan fingerprint density at radius 1 is 1.03 bits per heavy atom. The lowest BCUT2D eigenvalue weighted by molar-refractivity contribution is -0.132. The minimum atomic E-state index is -3.26. The molecule has 0 saturated carbocycles. The maximum absolute atomic E-state index is 13.3. The molecule has 2 fully saturated rings. The lowest BCUT2D eigenvalue weighted by Gasteiger charge is -2.27. The summed E-state index contributed by atoms with van der Waals surface area (Å²) in [4.78, 5) is 31.0. The zero-order valence-electron chi connectivity index (χ0n) is 17.7. The van der Waals surface area contributed by atoms with E-state index in [1.165, 1.54) is 4.90 Å². The first-order valence-corrected chi connectivity index (χ1v) is 12.1. The second-order valence-electron chi connectivity index (χ2n) is 8.22. The molecular formula is C21H31N3O4S. The van der Waals surface area contributed by atoms with E-state index in [9.17, 15) is 18.0 Å². The van der Waals surface area contributed by atoms with Gasteiger partial charge < -0.3 is 9.80 Å². The molecule has 2 aliphatic rings. The van der Waals surface area contributed by atoms with Crippen LogP contribution in [-0.4, -0.2) is 73.4 Å². The molecule has 7 nitrogen and oxygen atoms in total. The van der Waals surface area contributed by atoms with Crippen molar-refractivity contribution >= 4 is 27.5 Å². The number of hydrogen-bond acceptors (Lipinski definition) is 4. The summed E-state index contributed by atoms with van der Waals surface area (Å²) in [5.41, 5.74) is 2.72. The van der Waals surface area contributed by atoms with Crippen LogP contribution in [0.25, 0.3) is 0 Å². The van der Waals surface area contributed by atoms with Gasteiger partial charge in [0, 0.05) is 18.8 Å². The average molecular weight is 422 g/mol. The first-order chi connectivity index (χ1) is 13.7. The third-order valence-corrected chi connectivity index (χ3v) is 7.31. The maximum atomic E-state index is 13.3. The monoisotopic (exact) mass is 421 g/mol. The van der Waals surface area contributed by atoms with E-state index in [4.69, 9.17) is 0 Å². The fourth-order valence-electron chi connectivity index (χ4n) is 4.50. The average Bonchev–Trinajstić information content (AvgIpc) is 3.04. The van der Waals surface area contributed by atoms with Gasteiger partial charge in [0.1, 0.15) is 6.54 Å². The zero-order chi connectivity index (χ0) is 21.3. The van der Waals surface area contributed by atoms with E-state index in [-0.39, 0.29) is 30.0 Å². The highest BCUT2D eigenvalue weighted by Gasteiger charge is 2.54. The highest BCUT2D eigenvalue weighted by Crippen LogP contribution is 2.35. The van der Waals surface area contributed by atoms with Gasteiger partial charge in [0.25, 0.3) is 0 Å². The van der Waals surface area contributed by atoms with Crippen LogP contribution in [0.4, 0.5) is 10.5 Å². The molecule has 0 N–H and O–H groups in total. The molecule has 160 valence electrons. The van der Waals surface area contributed by atoms with Gasteiger partial charge in [0.05, 0.1) is 23.6 Å². The minimum absolute atomic E-state index is 0.0608. The number of carbonyl (C=O) groups excluding carboxylic acids is 2. The van der Waals surface area contributed by atoms with E-state index >= 15 is 0 Å². The molecule has 0 aliphatic carbocycles. The summed E-state index contributed by atoms with van der Waals surface area (Å²) in [5.74, 6) is -0.263. The van der Waals surface area contributed by atoms with Gasteiger partial charge >= 0.3 is 6.03 Å². The van der Waals surface area contributed by atoms with Crippen LogP contribution in [0.2, 0.25) is 0 Å². The predicted octanol–water partition coefficient (Wildman–Crippen LogP) is 2.36. The molecule has 0 spiro atoms. The van der Waals surface area contributed by atoms with Gasteiger partial charge in [-0.2, -0.15) is 0 Å². The number of anilines is 1. The largest absolute Gasteiger partial charge is 0.341 e. The number of urea groups is 1. The Kier molecular flexibility index (Phi) is 6.22. The number of sulfone groups is 1. The highest BCUT2D eigenvalue weighted by molar-refractivity contribution is 7.91. The van der Waals surface area contributed by atoms with E-state index in [2.05, 4.69) is 0 Å². The third-order valence-electron chi connectivity index (χ3n) is 5.61. The summed E-state index contributed by atoms with van der Waals surface area (Å²) in [6.07, 6.45) is 1.68. The second kappa shape index (κ2) is 8.34. The lowest BCUT2D eigenvalue weighted by Crippen LogP contribution is -2.46. The number of rotatable bonds is 7. The number of carbonyl (C=O) groups is 2. The molecule has 2 saturated heterocycles. The highest BCUT2D eigenvalue weighted by atomic mass is 32.2. The normalized spacial score (nSPS) is 22.8. The summed E-state index contributed by atoms with van der Waals surface area (Å²) in [6.45, 7) is 9.14. The van der Waals surface area contributed by atoms with E-state index in [1.807, 2.05) is 45.9 Å². The Morgan fingerprint density at radius 2 is 1.59 bits per heavy atom. The molecule has 8 heteroatoms. The molecule has 3 rings (SSSR count). The van der Waals surface area contributed by atoms with Crippen LogP contribution in [0.1, 0.15) is 37.8 Å². The van der Waals surface area contributed by atoms with Crippen LogP contribution in [0.5, 0.6) is 0 Å². The van der Waals surface area contributed by atoms with Crippen LogP contribution in [-0.2, 0) is 14.6 Å². The number of fused-ring (bicyclic) bond motifs is 1. The van der Waals surface area contributed by atoms with Gasteiger partial charge in [-0.25, -0.2) is 13.2 Å². The van der Waals surface area contributed by atoms with Gasteiger partial charge in [-0.1, -0.05) is 19.9 Å². The second-order valence-corrected chi connectivity index (χ2v) is 10.4. The Hall–Kier alpha value is -2.09. The number of benzene rings is 1. The van der Waals surface area contributed by atoms with Crippen molar-refractivity contribution in [2.45, 2.75) is 52.6 Å². The van der Waals surface area contributed by atoms with Gasteiger partial charge in [0.15, 0.2) is 9.84 Å². The van der Waals surface area contributed by atoms with Crippen molar-refractivity contribution in [1.82, 2.24) is 9.80 Å². The summed E-state index contributed by atoms with van der Waals surface area (Å²) in [5, 5.41) is 0. The number of aryl methyl sites for hydroxylation is 2. The van der Waals surface area contributed by atoms with Crippen molar-refractivity contribution in [2.24, 2.45) is 0 Å². The molecule has 29 heavy (non-hydrogen) atoms. The predicted molar refractivity (Wildman–Crippen MR) is 114 cm³/mol. The van der Waals surface area contributed by atoms with Gasteiger partial charge in [0.2, 0.25) is 5.91 Å². The molecule has 0 bridgehead atoms. The standard InChI is InChI=1S/C21H31N3O4S/c1-5-7-22(8-6-2)20(25)12-23-18-13-29(27,28)14-19(18)24(21(23)26)17-10-15(3)9-16(4)11-17/h9-11,18-19H,5-8,12-14H2,1-4H3/t18-,19-/m0/s1. The first kappa shape index (κ1) is 21.6. The summed E-state index contributed by atoms with van der Waals surface area (Å²) in [7, 11) is -3.26. The lowest BCUT2D eigenvalue weighted by atomic mass is 10.1. The summed E-state index contributed by atoms with van der Waals surface area (Å²) in [6, 6.07) is 4.61. The van der Waals surface area contributed by atoms with Crippen molar-refractivity contribution in [1.29, 1.82) is 0 Å². The first-order valence-electron chi connectivity index (χ1n) is 10.3. The van der Waals surface area contributed by atoms with E-state index in [0.29, 0.717) is 18.8 Å². The molecular weight excluding hydrogens is 390 g/mol. The van der Waals surface area contributed by atoms with Gasteiger partial charge in [-0.15, -0.1) is 0 Å². The van der Waals surface area contributed by atoms with Gasteiger partial charge in [-0.05, 0) is 49.9 Å². The summed E-state index contributed by atoms with van der Waals surface area (Å²) < 4.78 is 24.7. The Morgan fingerprint density at radius 3 is 2.14 bits per heavy atom. The van der Waals surface area contributed by atoms with Crippen molar-refractivity contribution in [2.75, 3.05) is 36.0 Å². The molecule has 3 amide bonds. The van der Waals surface area contributed by atoms with Crippen LogP contribution < -0.4 is 4.90 Å². The Balaban J connectivity index is 1.92. The fourth-order valence-corrected chi connectivity index (χ4v) is 6.45. The summed E-state index contributed by atoms with van der Waals surface area (Å²) >= 11 is 0. The van der Waals surface area contributed by atoms with E-state index in [1.54, 1.807) is 9.80 Å². The van der Waals surface area contributed by atoms with Gasteiger partial charge in [-0.3, -0.25) is 9.69 Å². The molecule has 1 aromatic carbocycles. The molecule has 0 unspecified atom stereocenters. The van der Waals surface area contributed by atoms with Crippen LogP contribution >= 0.6 is 0 Å². The minimum Gasteiger partial charge on any atom is -0.341 e. The third kappa shape index (κ3) is 4.42. The van der Waals surface area contributed by atoms with E-state index < -0.39 is 21.9 Å². The molecule has 2 atom stereocenters.